The molecule has 1 aliphatic carbocycles. The molecule has 1 saturated carbocycles. The third-order valence-corrected chi connectivity index (χ3v) is 4.18. The number of alkyl carbamates (subject to hydrolysis) is 1. The minimum atomic E-state index is -0.365. The number of nitrogens with zero attached hydrogens (tertiary/aromatic N) is 2. The van der Waals surface area contributed by atoms with E-state index in [1.807, 2.05) is 4.68 Å². The Balaban J connectivity index is 1.67. The van der Waals surface area contributed by atoms with Crippen molar-refractivity contribution in [1.29, 1.82) is 0 Å². The molecule has 2 aromatic heterocycles. The average molecular weight is 305 g/mol. The lowest BCUT2D eigenvalue weighted by Gasteiger charge is -2.08. The summed E-state index contributed by atoms with van der Waals surface area (Å²) in [4.78, 5) is 11.3. The van der Waals surface area contributed by atoms with E-state index in [0.29, 0.717) is 25.6 Å². The molecule has 0 atom stereocenters. The molecule has 2 heterocycles. The van der Waals surface area contributed by atoms with Crippen molar-refractivity contribution >= 4 is 17.4 Å². The van der Waals surface area contributed by atoms with E-state index in [1.54, 1.807) is 18.3 Å². The van der Waals surface area contributed by atoms with E-state index in [0.717, 1.165) is 5.69 Å². The SMILES string of the molecule is CCOC(=O)NCCn1nc(-c2ccsc2)cc1C1CC1. The van der Waals surface area contributed by atoms with Gasteiger partial charge in [-0.15, -0.1) is 0 Å². The molecule has 0 radical (unpaired) electrons. The molecule has 1 fully saturated rings. The molecule has 6 heteroatoms. The Labute approximate surface area is 127 Å². The van der Waals surface area contributed by atoms with Gasteiger partial charge in [0.25, 0.3) is 0 Å². The number of hydrogen-bond donors (Lipinski definition) is 1. The highest BCUT2D eigenvalue weighted by Crippen LogP contribution is 2.41. The van der Waals surface area contributed by atoms with Crippen LogP contribution < -0.4 is 5.32 Å². The number of ether oxygens (including phenoxy) is 1. The van der Waals surface area contributed by atoms with Crippen LogP contribution in [0.15, 0.2) is 22.9 Å². The normalized spacial score (nSPS) is 14.1. The van der Waals surface area contributed by atoms with Gasteiger partial charge in [-0.3, -0.25) is 4.68 Å². The standard InChI is InChI=1S/C15H19N3O2S/c1-2-20-15(19)16-6-7-18-14(11-3-4-11)9-13(17-18)12-5-8-21-10-12/h5,8-11H,2-4,6-7H2,1H3,(H,16,19). The average Bonchev–Trinajstić information content (AvgIpc) is 3.01. The summed E-state index contributed by atoms with van der Waals surface area (Å²) in [5, 5.41) is 11.6. The first-order valence-electron chi connectivity index (χ1n) is 7.29. The van der Waals surface area contributed by atoms with Gasteiger partial charge >= 0.3 is 6.09 Å². The molecule has 2 aromatic rings. The zero-order chi connectivity index (χ0) is 14.7. The fourth-order valence-corrected chi connectivity index (χ4v) is 2.96. The predicted octanol–water partition coefficient (Wildman–Crippen LogP) is 3.24. The van der Waals surface area contributed by atoms with E-state index in [9.17, 15) is 4.79 Å². The van der Waals surface area contributed by atoms with Crippen LogP contribution in [0.5, 0.6) is 0 Å². The molecule has 21 heavy (non-hydrogen) atoms. The lowest BCUT2D eigenvalue weighted by molar-refractivity contribution is 0.151. The summed E-state index contributed by atoms with van der Waals surface area (Å²) in [6.07, 6.45) is 2.11. The van der Waals surface area contributed by atoms with Gasteiger partial charge < -0.3 is 10.1 Å². The number of hydrogen-bond acceptors (Lipinski definition) is 4. The van der Waals surface area contributed by atoms with Crippen LogP contribution in [0.25, 0.3) is 11.3 Å². The number of thiophene rings is 1. The summed E-state index contributed by atoms with van der Waals surface area (Å²) in [7, 11) is 0. The summed E-state index contributed by atoms with van der Waals surface area (Å²) >= 11 is 1.68. The zero-order valence-electron chi connectivity index (χ0n) is 12.0. The maximum atomic E-state index is 11.3. The van der Waals surface area contributed by atoms with Crippen LogP contribution in [-0.4, -0.2) is 29.0 Å². The van der Waals surface area contributed by atoms with Crippen molar-refractivity contribution in [2.24, 2.45) is 0 Å². The summed E-state index contributed by atoms with van der Waals surface area (Å²) < 4.78 is 6.88. The fourth-order valence-electron chi connectivity index (χ4n) is 2.32. The van der Waals surface area contributed by atoms with Gasteiger partial charge in [0, 0.05) is 29.1 Å². The molecular formula is C15H19N3O2S. The number of carbonyl (C=O) groups excluding carboxylic acids is 1. The molecular weight excluding hydrogens is 286 g/mol. The first-order valence-corrected chi connectivity index (χ1v) is 8.23. The number of carbonyl (C=O) groups is 1. The Hall–Kier alpha value is -1.82. The van der Waals surface area contributed by atoms with Gasteiger partial charge in [0.2, 0.25) is 0 Å². The van der Waals surface area contributed by atoms with Gasteiger partial charge in [0.15, 0.2) is 0 Å². The second-order valence-electron chi connectivity index (χ2n) is 5.11. The Kier molecular flexibility index (Phi) is 4.24. The Morgan fingerprint density at radius 2 is 2.43 bits per heavy atom. The summed E-state index contributed by atoms with van der Waals surface area (Å²) in [5.41, 5.74) is 3.47. The molecule has 1 amide bonds. The monoisotopic (exact) mass is 305 g/mol. The first-order chi connectivity index (χ1) is 10.3. The van der Waals surface area contributed by atoms with Gasteiger partial charge in [0.1, 0.15) is 0 Å². The van der Waals surface area contributed by atoms with E-state index >= 15 is 0 Å². The maximum absolute atomic E-state index is 11.3. The second kappa shape index (κ2) is 6.30. The molecule has 0 bridgehead atoms. The Bertz CT molecular complexity index is 602. The van der Waals surface area contributed by atoms with Crippen LogP contribution in [0, 0.1) is 0 Å². The highest BCUT2D eigenvalue weighted by Gasteiger charge is 2.28. The van der Waals surface area contributed by atoms with E-state index in [-0.39, 0.29) is 6.09 Å². The molecule has 0 aromatic carbocycles. The molecule has 0 aliphatic heterocycles. The van der Waals surface area contributed by atoms with Crippen LogP contribution >= 0.6 is 11.3 Å². The first kappa shape index (κ1) is 14.1. The minimum absolute atomic E-state index is 0.365. The van der Waals surface area contributed by atoms with Crippen molar-refractivity contribution in [2.45, 2.75) is 32.2 Å². The number of amides is 1. The van der Waals surface area contributed by atoms with Crippen molar-refractivity contribution in [1.82, 2.24) is 15.1 Å². The van der Waals surface area contributed by atoms with E-state index in [4.69, 9.17) is 4.74 Å². The summed E-state index contributed by atoms with van der Waals surface area (Å²) in [5.74, 6) is 0.632. The van der Waals surface area contributed by atoms with Gasteiger partial charge in [-0.2, -0.15) is 16.4 Å². The summed E-state index contributed by atoms with van der Waals surface area (Å²) in [6, 6.07) is 4.27. The number of rotatable bonds is 6. The molecule has 1 aliphatic rings. The van der Waals surface area contributed by atoms with Crippen LogP contribution in [0.4, 0.5) is 4.79 Å². The van der Waals surface area contributed by atoms with Crippen molar-refractivity contribution in [2.75, 3.05) is 13.2 Å². The minimum Gasteiger partial charge on any atom is -0.450 e. The van der Waals surface area contributed by atoms with Crippen LogP contribution in [0.3, 0.4) is 0 Å². The lowest BCUT2D eigenvalue weighted by atomic mass is 10.2. The van der Waals surface area contributed by atoms with Crippen LogP contribution in [0.1, 0.15) is 31.4 Å². The Morgan fingerprint density at radius 1 is 1.57 bits per heavy atom. The van der Waals surface area contributed by atoms with Crippen molar-refractivity contribution < 1.29 is 9.53 Å². The molecule has 0 unspecified atom stereocenters. The highest BCUT2D eigenvalue weighted by atomic mass is 32.1. The van der Waals surface area contributed by atoms with Crippen molar-refractivity contribution in [3.05, 3.63) is 28.6 Å². The van der Waals surface area contributed by atoms with Gasteiger partial charge in [0.05, 0.1) is 18.8 Å². The number of aromatic nitrogens is 2. The van der Waals surface area contributed by atoms with Gasteiger partial charge in [-0.1, -0.05) is 0 Å². The van der Waals surface area contributed by atoms with E-state index < -0.39 is 0 Å². The van der Waals surface area contributed by atoms with E-state index in [2.05, 4.69) is 33.3 Å². The third-order valence-electron chi connectivity index (χ3n) is 3.49. The molecule has 0 spiro atoms. The molecule has 5 nitrogen and oxygen atoms in total. The predicted molar refractivity (Wildman–Crippen MR) is 82.5 cm³/mol. The molecule has 112 valence electrons. The second-order valence-corrected chi connectivity index (χ2v) is 5.89. The van der Waals surface area contributed by atoms with Crippen LogP contribution in [-0.2, 0) is 11.3 Å². The topological polar surface area (TPSA) is 56.1 Å². The smallest absolute Gasteiger partial charge is 0.407 e. The van der Waals surface area contributed by atoms with Crippen molar-refractivity contribution in [3.63, 3.8) is 0 Å². The molecule has 1 N–H and O–H groups in total. The van der Waals surface area contributed by atoms with Crippen LogP contribution in [0.2, 0.25) is 0 Å². The quantitative estimate of drug-likeness (QED) is 0.891. The third kappa shape index (κ3) is 3.44. The highest BCUT2D eigenvalue weighted by molar-refractivity contribution is 7.08. The maximum Gasteiger partial charge on any atom is 0.407 e. The zero-order valence-corrected chi connectivity index (χ0v) is 12.9. The molecule has 0 saturated heterocycles. The largest absolute Gasteiger partial charge is 0.450 e. The lowest BCUT2D eigenvalue weighted by Crippen LogP contribution is -2.28. The fraction of sp³-hybridized carbons (Fsp3) is 0.467. The number of nitrogens with one attached hydrogen (secondary N) is 1. The summed E-state index contributed by atoms with van der Waals surface area (Å²) in [6.45, 7) is 3.40. The Morgan fingerprint density at radius 3 is 3.10 bits per heavy atom. The van der Waals surface area contributed by atoms with E-state index in [1.165, 1.54) is 24.1 Å². The van der Waals surface area contributed by atoms with Gasteiger partial charge in [-0.25, -0.2) is 4.79 Å². The van der Waals surface area contributed by atoms with Gasteiger partial charge in [-0.05, 0) is 37.3 Å². The molecule has 3 rings (SSSR count). The van der Waals surface area contributed by atoms with Crippen molar-refractivity contribution in [3.8, 4) is 11.3 Å².